The lowest BCUT2D eigenvalue weighted by atomic mass is 9.93. The van der Waals surface area contributed by atoms with Gasteiger partial charge in [-0.15, -0.1) is 0 Å². The summed E-state index contributed by atoms with van der Waals surface area (Å²) in [5.41, 5.74) is -4.20. The van der Waals surface area contributed by atoms with Crippen molar-refractivity contribution in [2.24, 2.45) is 0 Å². The van der Waals surface area contributed by atoms with Crippen molar-refractivity contribution in [1.82, 2.24) is 4.90 Å². The summed E-state index contributed by atoms with van der Waals surface area (Å²) in [5.74, 6) is -0.398. The van der Waals surface area contributed by atoms with Gasteiger partial charge in [-0.25, -0.2) is 4.79 Å². The highest BCUT2D eigenvalue weighted by molar-refractivity contribution is 5.78. The lowest BCUT2D eigenvalue weighted by Crippen LogP contribution is -2.32. The Hall–Kier alpha value is -4.43. The summed E-state index contributed by atoms with van der Waals surface area (Å²) in [7, 11) is 2.48. The Morgan fingerprint density at radius 1 is 0.800 bits per heavy atom. The first-order valence-corrected chi connectivity index (χ1v) is 13.0. The quantitative estimate of drug-likeness (QED) is 0.191. The number of cyclic esters (lactones) is 1. The normalized spacial score (nSPS) is 17.3. The van der Waals surface area contributed by atoms with Crippen molar-refractivity contribution in [1.29, 1.82) is 0 Å². The van der Waals surface area contributed by atoms with Crippen LogP contribution in [0.1, 0.15) is 46.4 Å². The molecule has 45 heavy (non-hydrogen) atoms. The molecule has 1 saturated heterocycles. The van der Waals surface area contributed by atoms with E-state index >= 15 is 0 Å². The average Bonchev–Trinajstić information content (AvgIpc) is 3.23. The van der Waals surface area contributed by atoms with E-state index in [9.17, 15) is 49.1 Å². The Balaban J connectivity index is 1.79. The number of amides is 1. The highest BCUT2D eigenvalue weighted by Crippen LogP contribution is 2.43. The molecule has 3 aromatic carbocycles. The first kappa shape index (κ1) is 33.5. The van der Waals surface area contributed by atoms with Crippen LogP contribution in [0.25, 0.3) is 11.1 Å². The summed E-state index contributed by atoms with van der Waals surface area (Å²) in [6.45, 7) is 0.708. The van der Waals surface area contributed by atoms with Crippen molar-refractivity contribution >= 4 is 12.1 Å². The molecule has 3 aromatic rings. The maximum Gasteiger partial charge on any atom is 0.416 e. The molecule has 6 nitrogen and oxygen atoms in total. The van der Waals surface area contributed by atoms with Crippen molar-refractivity contribution in [2.75, 3.05) is 14.2 Å². The number of rotatable bonds is 7. The summed E-state index contributed by atoms with van der Waals surface area (Å²) in [4.78, 5) is 25.7. The van der Waals surface area contributed by atoms with E-state index in [0.29, 0.717) is 17.7 Å². The summed E-state index contributed by atoms with van der Waals surface area (Å²) in [6.07, 6.45) is -18.1. The molecule has 1 heterocycles. The second kappa shape index (κ2) is 12.2. The molecular formula is C30H24F9NO5. The van der Waals surface area contributed by atoms with Crippen LogP contribution in [0.2, 0.25) is 0 Å². The molecule has 4 rings (SSSR count). The van der Waals surface area contributed by atoms with Gasteiger partial charge in [-0.2, -0.15) is 39.5 Å². The highest BCUT2D eigenvalue weighted by Gasteiger charge is 2.44. The molecule has 15 heteroatoms. The lowest BCUT2D eigenvalue weighted by molar-refractivity contribution is -0.143. The second-order valence-corrected chi connectivity index (χ2v) is 10.2. The minimum atomic E-state index is -5.16. The van der Waals surface area contributed by atoms with Crippen LogP contribution in [0, 0.1) is 0 Å². The number of halogens is 9. The Morgan fingerprint density at radius 3 is 1.93 bits per heavy atom. The fraction of sp³-hybridized carbons (Fsp3) is 0.333. The van der Waals surface area contributed by atoms with Crippen molar-refractivity contribution in [3.05, 3.63) is 88.0 Å². The van der Waals surface area contributed by atoms with Gasteiger partial charge in [0.25, 0.3) is 0 Å². The number of methoxy groups -OCH3 is 2. The number of hydrogen-bond donors (Lipinski definition) is 0. The van der Waals surface area contributed by atoms with Crippen LogP contribution in [0.5, 0.6) is 5.75 Å². The number of hydrogen-bond acceptors (Lipinski definition) is 5. The van der Waals surface area contributed by atoms with E-state index in [1.54, 1.807) is 0 Å². The van der Waals surface area contributed by atoms with Crippen LogP contribution in [-0.4, -0.2) is 37.2 Å². The zero-order chi connectivity index (χ0) is 33.5. The monoisotopic (exact) mass is 649 g/mol. The molecule has 0 saturated carbocycles. The molecule has 1 fully saturated rings. The lowest BCUT2D eigenvalue weighted by Gasteiger charge is -2.24. The first-order valence-electron chi connectivity index (χ1n) is 13.0. The van der Waals surface area contributed by atoms with E-state index in [4.69, 9.17) is 9.47 Å². The summed E-state index contributed by atoms with van der Waals surface area (Å²) in [6, 6.07) is 6.77. The van der Waals surface area contributed by atoms with Crippen LogP contribution < -0.4 is 4.74 Å². The minimum absolute atomic E-state index is 0.0701. The van der Waals surface area contributed by atoms with E-state index < -0.39 is 71.5 Å². The number of carbonyl (C=O) groups excluding carboxylic acids is 2. The Labute approximate surface area is 250 Å². The highest BCUT2D eigenvalue weighted by atomic mass is 19.4. The largest absolute Gasteiger partial charge is 0.496 e. The Morgan fingerprint density at radius 2 is 1.40 bits per heavy atom. The second-order valence-electron chi connectivity index (χ2n) is 10.2. The van der Waals surface area contributed by atoms with Gasteiger partial charge in [0.05, 0.1) is 49.9 Å². The van der Waals surface area contributed by atoms with Gasteiger partial charge in [0.2, 0.25) is 0 Å². The molecule has 1 aliphatic heterocycles. The van der Waals surface area contributed by atoms with Gasteiger partial charge in [0.15, 0.2) is 0 Å². The molecule has 1 amide bonds. The predicted molar refractivity (Wildman–Crippen MR) is 140 cm³/mol. The Kier molecular flexibility index (Phi) is 9.04. The fourth-order valence-electron chi connectivity index (χ4n) is 4.96. The number of esters is 1. The number of benzene rings is 3. The molecule has 0 N–H and O–H groups in total. The number of alkyl halides is 9. The molecular weight excluding hydrogens is 625 g/mol. The standard InChI is InChI=1S/C30H24F9NO5/c1-15-26(17-10-20(29(34,35)36)13-21(11-17)30(37,38)39)45-27(42)40(15)14-18-12-19(28(31,32)33)5-6-22(18)23-8-16(9-25(41)44-3)4-7-24(23)43-2/h4-8,10-13,15,26H,9,14H2,1-3H3/t15-,26-/m0/s1. The molecule has 2 atom stereocenters. The molecule has 242 valence electrons. The van der Waals surface area contributed by atoms with Gasteiger partial charge < -0.3 is 14.2 Å². The van der Waals surface area contributed by atoms with Crippen molar-refractivity contribution in [3.8, 4) is 16.9 Å². The SMILES string of the molecule is COC(=O)Cc1ccc(OC)c(-c2ccc(C(F)(F)F)cc2CN2C(=O)O[C@H](c3cc(C(F)(F)F)cc(C(F)(F)F)c3)[C@@H]2C)c1. The van der Waals surface area contributed by atoms with Crippen molar-refractivity contribution in [2.45, 2.75) is 50.6 Å². The van der Waals surface area contributed by atoms with Gasteiger partial charge in [0.1, 0.15) is 11.9 Å². The van der Waals surface area contributed by atoms with E-state index in [1.165, 1.54) is 39.3 Å². The van der Waals surface area contributed by atoms with Crippen molar-refractivity contribution < 1.29 is 63.3 Å². The van der Waals surface area contributed by atoms with E-state index in [0.717, 1.165) is 23.1 Å². The van der Waals surface area contributed by atoms with Gasteiger partial charge in [-0.05, 0) is 71.6 Å². The molecule has 0 bridgehead atoms. The summed E-state index contributed by atoms with van der Waals surface area (Å²) >= 11 is 0. The van der Waals surface area contributed by atoms with Crippen LogP contribution in [0.3, 0.4) is 0 Å². The number of carbonyl (C=O) groups is 2. The predicted octanol–water partition coefficient (Wildman–Crippen LogP) is 8.22. The molecule has 0 aliphatic carbocycles. The topological polar surface area (TPSA) is 65.1 Å². The van der Waals surface area contributed by atoms with Crippen LogP contribution >= 0.6 is 0 Å². The van der Waals surface area contributed by atoms with Gasteiger partial charge >= 0.3 is 30.6 Å². The maximum absolute atomic E-state index is 13.7. The van der Waals surface area contributed by atoms with Gasteiger partial charge in [-0.1, -0.05) is 12.1 Å². The van der Waals surface area contributed by atoms with Crippen molar-refractivity contribution in [3.63, 3.8) is 0 Å². The van der Waals surface area contributed by atoms with E-state index in [1.807, 2.05) is 0 Å². The third-order valence-corrected chi connectivity index (χ3v) is 7.23. The summed E-state index contributed by atoms with van der Waals surface area (Å²) < 4.78 is 137. The molecule has 0 spiro atoms. The van der Waals surface area contributed by atoms with Crippen LogP contribution in [0.15, 0.2) is 54.6 Å². The summed E-state index contributed by atoms with van der Waals surface area (Å²) in [5, 5.41) is 0. The zero-order valence-electron chi connectivity index (χ0n) is 23.7. The maximum atomic E-state index is 13.7. The smallest absolute Gasteiger partial charge is 0.416 e. The third-order valence-electron chi connectivity index (χ3n) is 7.23. The van der Waals surface area contributed by atoms with Gasteiger partial charge in [-0.3, -0.25) is 9.69 Å². The first-order chi connectivity index (χ1) is 20.8. The molecule has 0 radical (unpaired) electrons. The van der Waals surface area contributed by atoms with E-state index in [-0.39, 0.29) is 34.9 Å². The third kappa shape index (κ3) is 7.28. The molecule has 0 unspecified atom stereocenters. The average molecular weight is 650 g/mol. The van der Waals surface area contributed by atoms with Crippen LogP contribution in [0.4, 0.5) is 44.3 Å². The van der Waals surface area contributed by atoms with Gasteiger partial charge in [0, 0.05) is 5.56 Å². The molecule has 1 aliphatic rings. The zero-order valence-corrected chi connectivity index (χ0v) is 23.7. The van der Waals surface area contributed by atoms with E-state index in [2.05, 4.69) is 4.74 Å². The van der Waals surface area contributed by atoms with Crippen LogP contribution in [-0.2, 0) is 45.8 Å². The number of nitrogens with zero attached hydrogens (tertiary/aromatic N) is 1. The Bertz CT molecular complexity index is 1570. The minimum Gasteiger partial charge on any atom is -0.496 e. The number of ether oxygens (including phenoxy) is 3. The molecule has 0 aromatic heterocycles. The fourth-order valence-corrected chi connectivity index (χ4v) is 4.96.